The average molecular weight is 235 g/mol. The van der Waals surface area contributed by atoms with Gasteiger partial charge in [-0.15, -0.1) is 0 Å². The minimum Gasteiger partial charge on any atom is -0.390 e. The largest absolute Gasteiger partial charge is 0.390 e. The minimum atomic E-state index is -0.0212. The van der Waals surface area contributed by atoms with Crippen molar-refractivity contribution < 1.29 is 5.11 Å². The lowest BCUT2D eigenvalue weighted by Gasteiger charge is -2.21. The quantitative estimate of drug-likeness (QED) is 0.847. The Morgan fingerprint density at radius 2 is 2.18 bits per heavy atom. The number of hydrogen-bond acceptors (Lipinski definition) is 4. The first-order valence-corrected chi connectivity index (χ1v) is 6.29. The zero-order chi connectivity index (χ0) is 12.4. The predicted molar refractivity (Wildman–Crippen MR) is 68.0 cm³/mol. The molecule has 94 valence electrons. The van der Waals surface area contributed by atoms with Crippen molar-refractivity contribution in [1.29, 1.82) is 0 Å². The number of aliphatic hydroxyl groups excluding tert-OH is 1. The van der Waals surface area contributed by atoms with E-state index in [1.165, 1.54) is 12.8 Å². The highest BCUT2D eigenvalue weighted by atomic mass is 16.3. The van der Waals surface area contributed by atoms with Gasteiger partial charge in [-0.3, -0.25) is 0 Å². The van der Waals surface area contributed by atoms with Crippen LogP contribution in [0.15, 0.2) is 6.20 Å². The molecule has 1 aliphatic carbocycles. The fourth-order valence-electron chi connectivity index (χ4n) is 1.93. The van der Waals surface area contributed by atoms with Crippen LogP contribution in [0.1, 0.15) is 44.1 Å². The molecule has 0 amide bonds. The summed E-state index contributed by atoms with van der Waals surface area (Å²) < 4.78 is 0. The van der Waals surface area contributed by atoms with Gasteiger partial charge in [0, 0.05) is 19.5 Å². The van der Waals surface area contributed by atoms with Gasteiger partial charge in [-0.2, -0.15) is 0 Å². The van der Waals surface area contributed by atoms with E-state index in [1.54, 1.807) is 0 Å². The second-order valence-electron chi connectivity index (χ2n) is 5.20. The van der Waals surface area contributed by atoms with Gasteiger partial charge in [-0.25, -0.2) is 9.97 Å². The highest BCUT2D eigenvalue weighted by Gasteiger charge is 2.24. The SMILES string of the molecule is CC(C)c1ncc(N(C)CC2CC2)c(CO)n1. The molecule has 4 heteroatoms. The third-order valence-corrected chi connectivity index (χ3v) is 3.17. The first kappa shape index (κ1) is 12.3. The van der Waals surface area contributed by atoms with E-state index < -0.39 is 0 Å². The van der Waals surface area contributed by atoms with Crippen molar-refractivity contribution in [2.24, 2.45) is 5.92 Å². The smallest absolute Gasteiger partial charge is 0.131 e. The molecule has 0 atom stereocenters. The average Bonchev–Trinajstić information content (AvgIpc) is 3.11. The maximum absolute atomic E-state index is 9.41. The van der Waals surface area contributed by atoms with Crippen molar-refractivity contribution in [1.82, 2.24) is 9.97 Å². The van der Waals surface area contributed by atoms with Crippen LogP contribution in [-0.4, -0.2) is 28.7 Å². The highest BCUT2D eigenvalue weighted by molar-refractivity contribution is 5.48. The van der Waals surface area contributed by atoms with Gasteiger partial charge in [0.2, 0.25) is 0 Å². The van der Waals surface area contributed by atoms with Crippen LogP contribution >= 0.6 is 0 Å². The van der Waals surface area contributed by atoms with Crippen LogP contribution in [0.4, 0.5) is 5.69 Å². The van der Waals surface area contributed by atoms with Crippen molar-refractivity contribution >= 4 is 5.69 Å². The van der Waals surface area contributed by atoms with Gasteiger partial charge >= 0.3 is 0 Å². The topological polar surface area (TPSA) is 49.2 Å². The molecule has 1 aliphatic rings. The molecular weight excluding hydrogens is 214 g/mol. The second-order valence-corrected chi connectivity index (χ2v) is 5.20. The fourth-order valence-corrected chi connectivity index (χ4v) is 1.93. The molecule has 0 saturated heterocycles. The lowest BCUT2D eigenvalue weighted by Crippen LogP contribution is -2.22. The van der Waals surface area contributed by atoms with Crippen LogP contribution in [0.5, 0.6) is 0 Å². The summed E-state index contributed by atoms with van der Waals surface area (Å²) in [7, 11) is 2.05. The van der Waals surface area contributed by atoms with Gasteiger partial charge in [-0.1, -0.05) is 13.8 Å². The predicted octanol–water partition coefficient (Wildman–Crippen LogP) is 1.94. The zero-order valence-electron chi connectivity index (χ0n) is 10.8. The number of anilines is 1. The molecule has 17 heavy (non-hydrogen) atoms. The molecule has 0 spiro atoms. The molecular formula is C13H21N3O. The summed E-state index contributed by atoms with van der Waals surface area (Å²) in [4.78, 5) is 11.0. The van der Waals surface area contributed by atoms with Gasteiger partial charge in [0.05, 0.1) is 24.2 Å². The van der Waals surface area contributed by atoms with E-state index in [0.717, 1.165) is 29.7 Å². The summed E-state index contributed by atoms with van der Waals surface area (Å²) >= 11 is 0. The Hall–Kier alpha value is -1.16. The van der Waals surface area contributed by atoms with E-state index >= 15 is 0 Å². The minimum absolute atomic E-state index is 0.0212. The van der Waals surface area contributed by atoms with Crippen LogP contribution in [-0.2, 0) is 6.61 Å². The van der Waals surface area contributed by atoms with Crippen molar-refractivity contribution in [2.45, 2.75) is 39.2 Å². The van der Waals surface area contributed by atoms with Crippen LogP contribution in [0.25, 0.3) is 0 Å². The summed E-state index contributed by atoms with van der Waals surface area (Å²) in [5.74, 6) is 1.91. The molecule has 0 unspecified atom stereocenters. The standard InChI is InChI=1S/C13H21N3O/c1-9(2)13-14-6-12(11(8-17)15-13)16(3)7-10-4-5-10/h6,9-10,17H,4-5,7-8H2,1-3H3. The lowest BCUT2D eigenvalue weighted by atomic mass is 10.2. The molecule has 1 saturated carbocycles. The first-order chi connectivity index (χ1) is 8.11. The van der Waals surface area contributed by atoms with E-state index in [0.29, 0.717) is 5.92 Å². The highest BCUT2D eigenvalue weighted by Crippen LogP contribution is 2.31. The summed E-state index contributed by atoms with van der Waals surface area (Å²) in [5, 5.41) is 9.41. The van der Waals surface area contributed by atoms with Crippen LogP contribution in [0.2, 0.25) is 0 Å². The molecule has 1 N–H and O–H groups in total. The Bertz CT molecular complexity index is 388. The van der Waals surface area contributed by atoms with Gasteiger partial charge in [-0.05, 0) is 18.8 Å². The second kappa shape index (κ2) is 5.00. The molecule has 0 bridgehead atoms. The van der Waals surface area contributed by atoms with Crippen molar-refractivity contribution in [2.75, 3.05) is 18.5 Å². The van der Waals surface area contributed by atoms with Crippen LogP contribution < -0.4 is 4.90 Å². The van der Waals surface area contributed by atoms with Gasteiger partial charge in [0.1, 0.15) is 5.82 Å². The molecule has 1 heterocycles. The molecule has 0 radical (unpaired) electrons. The third kappa shape index (κ3) is 2.94. The summed E-state index contributed by atoms with van der Waals surface area (Å²) in [6, 6.07) is 0. The summed E-state index contributed by atoms with van der Waals surface area (Å²) in [6.07, 6.45) is 4.49. The number of rotatable bonds is 5. The van der Waals surface area contributed by atoms with Gasteiger partial charge < -0.3 is 10.0 Å². The molecule has 4 nitrogen and oxygen atoms in total. The summed E-state index contributed by atoms with van der Waals surface area (Å²) in [6.45, 7) is 5.14. The Kier molecular flexibility index (Phi) is 3.62. The van der Waals surface area contributed by atoms with Crippen molar-refractivity contribution in [3.05, 3.63) is 17.7 Å². The van der Waals surface area contributed by atoms with Crippen LogP contribution in [0.3, 0.4) is 0 Å². The molecule has 2 rings (SSSR count). The van der Waals surface area contributed by atoms with E-state index in [1.807, 2.05) is 13.2 Å². The molecule has 1 aromatic heterocycles. The monoisotopic (exact) mass is 235 g/mol. The molecule has 1 fully saturated rings. The molecule has 0 aromatic carbocycles. The third-order valence-electron chi connectivity index (χ3n) is 3.17. The number of aromatic nitrogens is 2. The fraction of sp³-hybridized carbons (Fsp3) is 0.692. The maximum Gasteiger partial charge on any atom is 0.131 e. The van der Waals surface area contributed by atoms with Crippen molar-refractivity contribution in [3.63, 3.8) is 0 Å². The molecule has 0 aliphatic heterocycles. The number of hydrogen-bond donors (Lipinski definition) is 1. The normalized spacial score (nSPS) is 15.4. The van der Waals surface area contributed by atoms with Gasteiger partial charge in [0.25, 0.3) is 0 Å². The van der Waals surface area contributed by atoms with Crippen molar-refractivity contribution in [3.8, 4) is 0 Å². The maximum atomic E-state index is 9.41. The first-order valence-electron chi connectivity index (χ1n) is 6.29. The summed E-state index contributed by atoms with van der Waals surface area (Å²) in [5.41, 5.74) is 1.70. The Morgan fingerprint density at radius 3 is 2.71 bits per heavy atom. The Morgan fingerprint density at radius 1 is 1.47 bits per heavy atom. The Labute approximate surface area is 103 Å². The van der Waals surface area contributed by atoms with E-state index in [2.05, 4.69) is 28.7 Å². The Balaban J connectivity index is 2.19. The van der Waals surface area contributed by atoms with E-state index in [4.69, 9.17) is 0 Å². The number of aliphatic hydroxyl groups is 1. The number of nitrogens with zero attached hydrogens (tertiary/aromatic N) is 3. The lowest BCUT2D eigenvalue weighted by molar-refractivity contribution is 0.276. The van der Waals surface area contributed by atoms with E-state index in [-0.39, 0.29) is 6.61 Å². The van der Waals surface area contributed by atoms with Gasteiger partial charge in [0.15, 0.2) is 0 Å². The zero-order valence-corrected chi connectivity index (χ0v) is 10.8. The van der Waals surface area contributed by atoms with E-state index in [9.17, 15) is 5.11 Å². The molecule has 1 aromatic rings. The van der Waals surface area contributed by atoms with Crippen LogP contribution in [0, 0.1) is 5.92 Å².